The highest BCUT2D eigenvalue weighted by Gasteiger charge is 2.38. The van der Waals surface area contributed by atoms with E-state index in [0.29, 0.717) is 0 Å². The molecule has 0 aromatic carbocycles. The molecule has 1 saturated heterocycles. The van der Waals surface area contributed by atoms with Crippen LogP contribution in [0.25, 0.3) is 0 Å². The van der Waals surface area contributed by atoms with Crippen LogP contribution in [0.1, 0.15) is 13.8 Å². The zero-order valence-corrected chi connectivity index (χ0v) is 6.64. The number of hydrogen-bond donors (Lipinski definition) is 3. The van der Waals surface area contributed by atoms with E-state index in [1.807, 2.05) is 0 Å². The van der Waals surface area contributed by atoms with Crippen LogP contribution in [0.3, 0.4) is 0 Å². The lowest BCUT2D eigenvalue weighted by molar-refractivity contribution is -0.260. The van der Waals surface area contributed by atoms with Crippen molar-refractivity contribution in [3.63, 3.8) is 0 Å². The van der Waals surface area contributed by atoms with Gasteiger partial charge in [0.15, 0.2) is 6.29 Å². The van der Waals surface area contributed by atoms with Gasteiger partial charge in [-0.1, -0.05) is 6.92 Å². The van der Waals surface area contributed by atoms with E-state index < -0.39 is 24.6 Å². The van der Waals surface area contributed by atoms with Gasteiger partial charge in [-0.05, 0) is 6.92 Å². The summed E-state index contributed by atoms with van der Waals surface area (Å²) in [5.41, 5.74) is 0. The summed E-state index contributed by atoms with van der Waals surface area (Å²) >= 11 is 0. The molecule has 4 heteroatoms. The summed E-state index contributed by atoms with van der Waals surface area (Å²) in [5.74, 6) is -0.339. The SMILES string of the molecule is CC1[C@H](O)C(O)O[C@@H](C)[C@H]1O. The Labute approximate surface area is 65.4 Å². The third-order valence-corrected chi connectivity index (χ3v) is 2.20. The molecule has 1 fully saturated rings. The molecule has 66 valence electrons. The molecule has 1 aliphatic rings. The van der Waals surface area contributed by atoms with Crippen LogP contribution in [0, 0.1) is 5.92 Å². The molecule has 0 aliphatic carbocycles. The molecule has 0 aromatic rings. The van der Waals surface area contributed by atoms with E-state index in [0.717, 1.165) is 0 Å². The summed E-state index contributed by atoms with van der Waals surface area (Å²) in [5, 5.41) is 27.6. The van der Waals surface area contributed by atoms with Crippen molar-refractivity contribution in [2.24, 2.45) is 5.92 Å². The normalized spacial score (nSPS) is 52.6. The van der Waals surface area contributed by atoms with E-state index >= 15 is 0 Å². The van der Waals surface area contributed by atoms with Crippen molar-refractivity contribution < 1.29 is 20.1 Å². The van der Waals surface area contributed by atoms with Gasteiger partial charge >= 0.3 is 0 Å². The molecule has 0 spiro atoms. The predicted molar refractivity (Wildman–Crippen MR) is 37.7 cm³/mol. The maximum atomic E-state index is 9.34. The average molecular weight is 162 g/mol. The summed E-state index contributed by atoms with van der Waals surface area (Å²) in [6, 6.07) is 0. The summed E-state index contributed by atoms with van der Waals surface area (Å²) in [6.45, 7) is 3.34. The van der Waals surface area contributed by atoms with E-state index in [-0.39, 0.29) is 5.92 Å². The molecule has 11 heavy (non-hydrogen) atoms. The zero-order chi connectivity index (χ0) is 8.59. The molecule has 1 rings (SSSR count). The molecule has 0 amide bonds. The van der Waals surface area contributed by atoms with Gasteiger partial charge in [-0.3, -0.25) is 0 Å². The topological polar surface area (TPSA) is 69.9 Å². The number of ether oxygens (including phenoxy) is 1. The maximum Gasteiger partial charge on any atom is 0.181 e. The highest BCUT2D eigenvalue weighted by atomic mass is 16.6. The largest absolute Gasteiger partial charge is 0.390 e. The van der Waals surface area contributed by atoms with Crippen LogP contribution in [0.2, 0.25) is 0 Å². The third kappa shape index (κ3) is 1.54. The Morgan fingerprint density at radius 1 is 1.00 bits per heavy atom. The van der Waals surface area contributed by atoms with Crippen molar-refractivity contribution in [3.05, 3.63) is 0 Å². The molecule has 0 bridgehead atoms. The lowest BCUT2D eigenvalue weighted by Crippen LogP contribution is -2.51. The molecule has 2 unspecified atom stereocenters. The van der Waals surface area contributed by atoms with Gasteiger partial charge in [0.1, 0.15) is 6.10 Å². The van der Waals surface area contributed by atoms with Gasteiger partial charge in [-0.2, -0.15) is 0 Å². The average Bonchev–Trinajstić information content (AvgIpc) is 1.97. The Balaban J connectivity index is 2.63. The van der Waals surface area contributed by atoms with Crippen molar-refractivity contribution in [1.29, 1.82) is 0 Å². The fraction of sp³-hybridized carbons (Fsp3) is 1.00. The summed E-state index contributed by atoms with van der Waals surface area (Å²) in [6.07, 6.45) is -3.26. The van der Waals surface area contributed by atoms with Crippen molar-refractivity contribution in [1.82, 2.24) is 0 Å². The molecule has 4 nitrogen and oxygen atoms in total. The van der Waals surface area contributed by atoms with Crippen LogP contribution in [0.4, 0.5) is 0 Å². The molecule has 5 atom stereocenters. The Kier molecular flexibility index (Phi) is 2.49. The first-order valence-electron chi connectivity index (χ1n) is 3.73. The number of rotatable bonds is 0. The maximum absolute atomic E-state index is 9.34. The van der Waals surface area contributed by atoms with Gasteiger partial charge < -0.3 is 20.1 Å². The van der Waals surface area contributed by atoms with Crippen LogP contribution in [-0.4, -0.2) is 39.9 Å². The third-order valence-electron chi connectivity index (χ3n) is 2.20. The van der Waals surface area contributed by atoms with E-state index in [9.17, 15) is 10.2 Å². The monoisotopic (exact) mass is 162 g/mol. The van der Waals surface area contributed by atoms with Crippen LogP contribution in [-0.2, 0) is 4.74 Å². The minimum absolute atomic E-state index is 0.339. The van der Waals surface area contributed by atoms with Crippen molar-refractivity contribution in [2.75, 3.05) is 0 Å². The number of aliphatic hydroxyl groups is 3. The Morgan fingerprint density at radius 3 is 2.09 bits per heavy atom. The minimum atomic E-state index is -1.16. The summed E-state index contributed by atoms with van der Waals surface area (Å²) < 4.78 is 4.84. The Bertz CT molecular complexity index is 124. The first-order chi connectivity index (χ1) is 5.04. The number of aliphatic hydroxyl groups excluding tert-OH is 3. The van der Waals surface area contributed by atoms with E-state index in [4.69, 9.17) is 9.84 Å². The van der Waals surface area contributed by atoms with Gasteiger partial charge in [0, 0.05) is 5.92 Å². The minimum Gasteiger partial charge on any atom is -0.390 e. The van der Waals surface area contributed by atoms with Crippen LogP contribution in [0.5, 0.6) is 0 Å². The van der Waals surface area contributed by atoms with Gasteiger partial charge in [0.2, 0.25) is 0 Å². The second-order valence-electron chi connectivity index (χ2n) is 3.07. The van der Waals surface area contributed by atoms with Crippen LogP contribution >= 0.6 is 0 Å². The zero-order valence-electron chi connectivity index (χ0n) is 6.64. The van der Waals surface area contributed by atoms with E-state index in [1.54, 1.807) is 13.8 Å². The second-order valence-corrected chi connectivity index (χ2v) is 3.07. The second kappa shape index (κ2) is 3.06. The quantitative estimate of drug-likeness (QED) is 0.431. The summed E-state index contributed by atoms with van der Waals surface area (Å²) in [4.78, 5) is 0. The van der Waals surface area contributed by atoms with E-state index in [2.05, 4.69) is 0 Å². The smallest absolute Gasteiger partial charge is 0.181 e. The standard InChI is InChI=1S/C7H14O4/c1-3-5(8)4(2)11-7(10)6(3)9/h3-10H,1-2H3/t3?,4-,5-,6-,7?/m0/s1. The Hall–Kier alpha value is -0.160. The predicted octanol–water partition coefficient (Wildman–Crippen LogP) is -0.919. The fourth-order valence-electron chi connectivity index (χ4n) is 1.27. The first-order valence-corrected chi connectivity index (χ1v) is 3.73. The number of hydrogen-bond acceptors (Lipinski definition) is 4. The van der Waals surface area contributed by atoms with Crippen molar-refractivity contribution in [3.8, 4) is 0 Å². The molecule has 1 heterocycles. The van der Waals surface area contributed by atoms with E-state index in [1.165, 1.54) is 0 Å². The van der Waals surface area contributed by atoms with Gasteiger partial charge in [0.05, 0.1) is 12.2 Å². The van der Waals surface area contributed by atoms with Crippen LogP contribution < -0.4 is 0 Å². The van der Waals surface area contributed by atoms with Crippen molar-refractivity contribution >= 4 is 0 Å². The molecular weight excluding hydrogens is 148 g/mol. The molecule has 1 aliphatic heterocycles. The highest BCUT2D eigenvalue weighted by molar-refractivity contribution is 4.83. The Morgan fingerprint density at radius 2 is 1.55 bits per heavy atom. The van der Waals surface area contributed by atoms with Gasteiger partial charge in [-0.25, -0.2) is 0 Å². The summed E-state index contributed by atoms with van der Waals surface area (Å²) in [7, 11) is 0. The molecule has 0 radical (unpaired) electrons. The lowest BCUT2D eigenvalue weighted by Gasteiger charge is -2.37. The lowest BCUT2D eigenvalue weighted by atomic mass is 9.91. The van der Waals surface area contributed by atoms with Crippen LogP contribution in [0.15, 0.2) is 0 Å². The fourth-order valence-corrected chi connectivity index (χ4v) is 1.27. The van der Waals surface area contributed by atoms with Crippen molar-refractivity contribution in [2.45, 2.75) is 38.4 Å². The molecule has 0 aromatic heterocycles. The molecular formula is C7H14O4. The van der Waals surface area contributed by atoms with Gasteiger partial charge in [0.25, 0.3) is 0 Å². The molecule has 0 saturated carbocycles. The first kappa shape index (κ1) is 8.93. The van der Waals surface area contributed by atoms with Gasteiger partial charge in [-0.15, -0.1) is 0 Å². The highest BCUT2D eigenvalue weighted by Crippen LogP contribution is 2.23. The molecule has 3 N–H and O–H groups in total.